The van der Waals surface area contributed by atoms with Gasteiger partial charge >= 0.3 is 0 Å². The van der Waals surface area contributed by atoms with Crippen molar-refractivity contribution in [2.75, 3.05) is 37.6 Å². The SMILES string of the molecule is CCN(CC)CCCN(CC)c1nc2c(s1)C(O)CCC2. The number of fused-ring (bicyclic) bond motifs is 1. The molecule has 120 valence electrons. The highest BCUT2D eigenvalue weighted by Gasteiger charge is 2.24. The van der Waals surface area contributed by atoms with E-state index in [4.69, 9.17) is 4.98 Å². The molecule has 1 unspecified atom stereocenters. The van der Waals surface area contributed by atoms with E-state index in [9.17, 15) is 5.11 Å². The first-order valence-corrected chi connectivity index (χ1v) is 9.16. The van der Waals surface area contributed by atoms with Crippen LogP contribution in [0.1, 0.15) is 56.7 Å². The summed E-state index contributed by atoms with van der Waals surface area (Å²) >= 11 is 1.70. The van der Waals surface area contributed by atoms with Crippen molar-refractivity contribution in [1.29, 1.82) is 0 Å². The molecule has 0 fully saturated rings. The second-order valence-corrected chi connectivity index (χ2v) is 6.68. The normalized spacial score (nSPS) is 18.0. The van der Waals surface area contributed by atoms with E-state index in [1.54, 1.807) is 11.3 Å². The number of thiazole rings is 1. The molecule has 1 N–H and O–H groups in total. The summed E-state index contributed by atoms with van der Waals surface area (Å²) in [6.45, 7) is 12.1. The van der Waals surface area contributed by atoms with E-state index in [0.29, 0.717) is 0 Å². The number of anilines is 1. The number of hydrogen-bond donors (Lipinski definition) is 1. The van der Waals surface area contributed by atoms with E-state index in [-0.39, 0.29) is 6.10 Å². The molecule has 1 atom stereocenters. The van der Waals surface area contributed by atoms with Crippen LogP contribution >= 0.6 is 11.3 Å². The van der Waals surface area contributed by atoms with Crippen molar-refractivity contribution < 1.29 is 5.11 Å². The Bertz CT molecular complexity index is 431. The minimum absolute atomic E-state index is 0.283. The largest absolute Gasteiger partial charge is 0.388 e. The molecule has 1 aliphatic rings. The summed E-state index contributed by atoms with van der Waals surface area (Å²) in [5.74, 6) is 0. The van der Waals surface area contributed by atoms with E-state index in [0.717, 1.165) is 67.7 Å². The molecule has 21 heavy (non-hydrogen) atoms. The Morgan fingerprint density at radius 2 is 1.95 bits per heavy atom. The standard InChI is InChI=1S/C16H29N3OS/c1-4-18(5-2)11-8-12-19(6-3)16-17-13-9-7-10-14(20)15(13)21-16/h14,20H,4-12H2,1-3H3. The fraction of sp³-hybridized carbons (Fsp3) is 0.812. The second-order valence-electron chi connectivity index (χ2n) is 5.68. The molecule has 0 amide bonds. The smallest absolute Gasteiger partial charge is 0.185 e. The molecular weight excluding hydrogens is 282 g/mol. The summed E-state index contributed by atoms with van der Waals surface area (Å²) in [5, 5.41) is 11.2. The fourth-order valence-electron chi connectivity index (χ4n) is 2.93. The summed E-state index contributed by atoms with van der Waals surface area (Å²) in [5.41, 5.74) is 1.14. The first-order valence-electron chi connectivity index (χ1n) is 8.34. The Balaban J connectivity index is 1.95. The van der Waals surface area contributed by atoms with Crippen molar-refractivity contribution in [2.24, 2.45) is 0 Å². The predicted molar refractivity (Wildman–Crippen MR) is 90.3 cm³/mol. The van der Waals surface area contributed by atoms with E-state index in [2.05, 4.69) is 30.6 Å². The van der Waals surface area contributed by atoms with Crippen LogP contribution in [-0.4, -0.2) is 47.7 Å². The van der Waals surface area contributed by atoms with Crippen molar-refractivity contribution in [3.05, 3.63) is 10.6 Å². The van der Waals surface area contributed by atoms with Crippen LogP contribution in [0.15, 0.2) is 0 Å². The van der Waals surface area contributed by atoms with Gasteiger partial charge in [0.25, 0.3) is 0 Å². The van der Waals surface area contributed by atoms with Crippen molar-refractivity contribution >= 4 is 16.5 Å². The summed E-state index contributed by atoms with van der Waals surface area (Å²) in [4.78, 5) is 10.7. The third-order valence-electron chi connectivity index (χ3n) is 4.36. The van der Waals surface area contributed by atoms with Gasteiger partial charge in [-0.1, -0.05) is 25.2 Å². The van der Waals surface area contributed by atoms with Gasteiger partial charge in [-0.15, -0.1) is 0 Å². The highest BCUT2D eigenvalue weighted by Crippen LogP contribution is 2.37. The third kappa shape index (κ3) is 4.18. The molecule has 1 aromatic heterocycles. The van der Waals surface area contributed by atoms with Gasteiger partial charge < -0.3 is 14.9 Å². The van der Waals surface area contributed by atoms with Crippen LogP contribution in [0.3, 0.4) is 0 Å². The van der Waals surface area contributed by atoms with Crippen molar-refractivity contribution in [1.82, 2.24) is 9.88 Å². The zero-order valence-corrected chi connectivity index (χ0v) is 14.5. The fourth-order valence-corrected chi connectivity index (χ4v) is 4.15. The van der Waals surface area contributed by atoms with Crippen molar-refractivity contribution in [2.45, 2.75) is 52.6 Å². The summed E-state index contributed by atoms with van der Waals surface area (Å²) in [6.07, 6.45) is 3.87. The van der Waals surface area contributed by atoms with E-state index < -0.39 is 0 Å². The Kier molecular flexibility index (Phi) is 6.45. The lowest BCUT2D eigenvalue weighted by atomic mass is 10.0. The van der Waals surface area contributed by atoms with E-state index in [1.165, 1.54) is 6.42 Å². The zero-order chi connectivity index (χ0) is 15.2. The predicted octanol–water partition coefficient (Wildman–Crippen LogP) is 3.07. The Morgan fingerprint density at radius 1 is 1.19 bits per heavy atom. The lowest BCUT2D eigenvalue weighted by Crippen LogP contribution is -2.29. The quantitative estimate of drug-likeness (QED) is 0.801. The number of nitrogens with zero attached hydrogens (tertiary/aromatic N) is 3. The summed E-state index contributed by atoms with van der Waals surface area (Å²) in [7, 11) is 0. The lowest BCUT2D eigenvalue weighted by molar-refractivity contribution is 0.160. The maximum Gasteiger partial charge on any atom is 0.185 e. The number of aliphatic hydroxyl groups excluding tert-OH is 1. The molecule has 4 nitrogen and oxygen atoms in total. The second kappa shape index (κ2) is 8.11. The van der Waals surface area contributed by atoms with Crippen molar-refractivity contribution in [3.8, 4) is 0 Å². The molecule has 0 radical (unpaired) electrons. The van der Waals surface area contributed by atoms with Crippen LogP contribution in [0.5, 0.6) is 0 Å². The third-order valence-corrected chi connectivity index (χ3v) is 5.62. The molecular formula is C16H29N3OS. The monoisotopic (exact) mass is 311 g/mol. The van der Waals surface area contributed by atoms with E-state index >= 15 is 0 Å². The minimum Gasteiger partial charge on any atom is -0.388 e. The molecule has 2 rings (SSSR count). The van der Waals surface area contributed by atoms with Gasteiger partial charge in [-0.3, -0.25) is 0 Å². The Labute approximate surface area is 132 Å². The zero-order valence-electron chi connectivity index (χ0n) is 13.6. The maximum atomic E-state index is 10.1. The first kappa shape index (κ1) is 16.7. The van der Waals surface area contributed by atoms with Crippen LogP contribution < -0.4 is 4.90 Å². The molecule has 0 saturated carbocycles. The average molecular weight is 311 g/mol. The molecule has 0 aromatic carbocycles. The number of aromatic nitrogens is 1. The maximum absolute atomic E-state index is 10.1. The van der Waals surface area contributed by atoms with Gasteiger partial charge in [0.2, 0.25) is 0 Å². The molecule has 0 spiro atoms. The summed E-state index contributed by atoms with van der Waals surface area (Å²) < 4.78 is 0. The van der Waals surface area contributed by atoms with Gasteiger partial charge in [-0.05, 0) is 52.2 Å². The molecule has 0 saturated heterocycles. The molecule has 0 aliphatic heterocycles. The van der Waals surface area contributed by atoms with Crippen LogP contribution in [0.2, 0.25) is 0 Å². The molecule has 1 aromatic rings. The van der Waals surface area contributed by atoms with Gasteiger partial charge in [0.1, 0.15) is 0 Å². The van der Waals surface area contributed by atoms with Gasteiger partial charge in [-0.25, -0.2) is 4.98 Å². The molecule has 0 bridgehead atoms. The van der Waals surface area contributed by atoms with E-state index in [1.807, 2.05) is 0 Å². The summed E-state index contributed by atoms with van der Waals surface area (Å²) in [6, 6.07) is 0. The van der Waals surface area contributed by atoms with Crippen LogP contribution in [0.4, 0.5) is 5.13 Å². The minimum atomic E-state index is -0.283. The lowest BCUT2D eigenvalue weighted by Gasteiger charge is -2.23. The van der Waals surface area contributed by atoms with Crippen LogP contribution in [-0.2, 0) is 6.42 Å². The molecule has 1 heterocycles. The highest BCUT2D eigenvalue weighted by atomic mass is 32.1. The number of aliphatic hydroxyl groups is 1. The topological polar surface area (TPSA) is 39.6 Å². The molecule has 5 heteroatoms. The number of rotatable bonds is 8. The first-order chi connectivity index (χ1) is 10.2. The Hall–Kier alpha value is -0.650. The number of aryl methyl sites for hydroxylation is 1. The van der Waals surface area contributed by atoms with Gasteiger partial charge in [-0.2, -0.15) is 0 Å². The van der Waals surface area contributed by atoms with Gasteiger partial charge in [0.05, 0.1) is 16.7 Å². The molecule has 1 aliphatic carbocycles. The highest BCUT2D eigenvalue weighted by molar-refractivity contribution is 7.15. The van der Waals surface area contributed by atoms with Crippen LogP contribution in [0, 0.1) is 0 Å². The Morgan fingerprint density at radius 3 is 2.57 bits per heavy atom. The number of hydrogen-bond acceptors (Lipinski definition) is 5. The average Bonchev–Trinajstić information content (AvgIpc) is 2.93. The van der Waals surface area contributed by atoms with Gasteiger partial charge in [0.15, 0.2) is 5.13 Å². The van der Waals surface area contributed by atoms with Crippen molar-refractivity contribution in [3.63, 3.8) is 0 Å². The van der Waals surface area contributed by atoms with Crippen LogP contribution in [0.25, 0.3) is 0 Å². The van der Waals surface area contributed by atoms with Gasteiger partial charge in [0, 0.05) is 13.1 Å².